The maximum Gasteiger partial charge on any atom is 0.0894 e. The van der Waals surface area contributed by atoms with Gasteiger partial charge in [0, 0.05) is 5.56 Å². The fourth-order valence-electron chi connectivity index (χ4n) is 2.14. The first kappa shape index (κ1) is 11.8. The summed E-state index contributed by atoms with van der Waals surface area (Å²) in [6.07, 6.45) is 1.84. The van der Waals surface area contributed by atoms with Crippen molar-refractivity contribution in [3.05, 3.63) is 60.3 Å². The molecule has 0 bridgehead atoms. The first-order valence-corrected chi connectivity index (χ1v) is 6.56. The summed E-state index contributed by atoms with van der Waals surface area (Å²) in [6.45, 7) is 4.40. The van der Waals surface area contributed by atoms with Gasteiger partial charge in [0.15, 0.2) is 0 Å². The van der Waals surface area contributed by atoms with Gasteiger partial charge in [-0.3, -0.25) is 4.98 Å². The van der Waals surface area contributed by atoms with E-state index in [2.05, 4.69) is 48.1 Å². The number of hydrogen-bond acceptors (Lipinski definition) is 2. The van der Waals surface area contributed by atoms with Crippen LogP contribution in [0.1, 0.15) is 25.3 Å². The predicted octanol–water partition coefficient (Wildman–Crippen LogP) is 4.42. The Bertz CT molecular complexity index is 700. The van der Waals surface area contributed by atoms with E-state index < -0.39 is 0 Å². The van der Waals surface area contributed by atoms with E-state index in [1.807, 2.05) is 30.5 Å². The fourth-order valence-corrected chi connectivity index (χ4v) is 2.14. The highest BCUT2D eigenvalue weighted by Gasteiger charge is 2.03. The molecule has 0 aliphatic carbocycles. The van der Waals surface area contributed by atoms with Gasteiger partial charge >= 0.3 is 0 Å². The molecule has 0 radical (unpaired) electrons. The third-order valence-corrected chi connectivity index (χ3v) is 3.32. The van der Waals surface area contributed by atoms with Gasteiger partial charge in [0.05, 0.1) is 22.9 Å². The molecule has 0 aliphatic heterocycles. The summed E-state index contributed by atoms with van der Waals surface area (Å²) >= 11 is 0. The Morgan fingerprint density at radius 2 is 1.53 bits per heavy atom. The monoisotopic (exact) mass is 248 g/mol. The van der Waals surface area contributed by atoms with Gasteiger partial charge in [0.2, 0.25) is 0 Å². The molecule has 2 aromatic carbocycles. The molecular weight excluding hydrogens is 232 g/mol. The van der Waals surface area contributed by atoms with Crippen LogP contribution in [0.3, 0.4) is 0 Å². The van der Waals surface area contributed by atoms with Crippen LogP contribution >= 0.6 is 0 Å². The zero-order valence-corrected chi connectivity index (χ0v) is 11.2. The number of rotatable bonds is 2. The van der Waals surface area contributed by atoms with Gasteiger partial charge in [0.25, 0.3) is 0 Å². The smallest absolute Gasteiger partial charge is 0.0894 e. The summed E-state index contributed by atoms with van der Waals surface area (Å²) < 4.78 is 0. The van der Waals surface area contributed by atoms with Crippen molar-refractivity contribution in [1.29, 1.82) is 0 Å². The minimum atomic E-state index is 0.553. The van der Waals surface area contributed by atoms with Crippen molar-refractivity contribution in [3.8, 4) is 11.3 Å². The Hall–Kier alpha value is -2.22. The van der Waals surface area contributed by atoms with Crippen LogP contribution in [0.25, 0.3) is 22.3 Å². The maximum atomic E-state index is 4.66. The minimum Gasteiger partial charge on any atom is -0.252 e. The van der Waals surface area contributed by atoms with E-state index in [1.165, 1.54) is 5.56 Å². The molecule has 0 unspecified atom stereocenters. The first-order valence-electron chi connectivity index (χ1n) is 6.56. The highest BCUT2D eigenvalue weighted by Crippen LogP contribution is 2.22. The Morgan fingerprint density at radius 1 is 0.842 bits per heavy atom. The largest absolute Gasteiger partial charge is 0.252 e. The molecule has 0 fully saturated rings. The molecule has 0 N–H and O–H groups in total. The second kappa shape index (κ2) is 4.81. The van der Waals surface area contributed by atoms with Crippen molar-refractivity contribution in [3.63, 3.8) is 0 Å². The number of aromatic nitrogens is 2. The average Bonchev–Trinajstić information content (AvgIpc) is 2.47. The van der Waals surface area contributed by atoms with Crippen LogP contribution in [0.15, 0.2) is 54.7 Å². The molecule has 3 rings (SSSR count). The van der Waals surface area contributed by atoms with Crippen molar-refractivity contribution in [2.24, 2.45) is 0 Å². The zero-order valence-electron chi connectivity index (χ0n) is 11.2. The highest BCUT2D eigenvalue weighted by molar-refractivity contribution is 5.76. The van der Waals surface area contributed by atoms with Crippen molar-refractivity contribution in [1.82, 2.24) is 9.97 Å². The Morgan fingerprint density at radius 3 is 2.21 bits per heavy atom. The summed E-state index contributed by atoms with van der Waals surface area (Å²) in [5, 5.41) is 0. The third-order valence-electron chi connectivity index (χ3n) is 3.32. The molecule has 3 aromatic rings. The standard InChI is InChI=1S/C17H16N2/c1-12(2)13-7-9-14(10-8-13)17-11-18-15-5-3-4-6-16(15)19-17/h3-12H,1-2H3. The van der Waals surface area contributed by atoms with Gasteiger partial charge in [0.1, 0.15) is 0 Å². The second-order valence-corrected chi connectivity index (χ2v) is 5.02. The molecule has 19 heavy (non-hydrogen) atoms. The fraction of sp³-hybridized carbons (Fsp3) is 0.176. The number of fused-ring (bicyclic) bond motifs is 1. The van der Waals surface area contributed by atoms with Crippen LogP contribution in [0, 0.1) is 0 Å². The summed E-state index contributed by atoms with van der Waals surface area (Å²) in [7, 11) is 0. The van der Waals surface area contributed by atoms with E-state index in [9.17, 15) is 0 Å². The molecule has 1 aromatic heterocycles. The van der Waals surface area contributed by atoms with Crippen molar-refractivity contribution in [2.45, 2.75) is 19.8 Å². The molecule has 2 nitrogen and oxygen atoms in total. The number of hydrogen-bond donors (Lipinski definition) is 0. The van der Waals surface area contributed by atoms with E-state index in [4.69, 9.17) is 0 Å². The van der Waals surface area contributed by atoms with Crippen molar-refractivity contribution < 1.29 is 0 Å². The van der Waals surface area contributed by atoms with E-state index in [1.54, 1.807) is 0 Å². The molecule has 0 saturated heterocycles. The maximum absolute atomic E-state index is 4.66. The van der Waals surface area contributed by atoms with Crippen molar-refractivity contribution >= 4 is 11.0 Å². The number of nitrogens with zero attached hydrogens (tertiary/aromatic N) is 2. The van der Waals surface area contributed by atoms with Gasteiger partial charge in [-0.1, -0.05) is 50.2 Å². The lowest BCUT2D eigenvalue weighted by molar-refractivity contribution is 0.867. The van der Waals surface area contributed by atoms with E-state index in [-0.39, 0.29) is 0 Å². The molecule has 0 spiro atoms. The molecule has 94 valence electrons. The zero-order chi connectivity index (χ0) is 13.2. The predicted molar refractivity (Wildman–Crippen MR) is 79.1 cm³/mol. The third kappa shape index (κ3) is 2.34. The van der Waals surface area contributed by atoms with Crippen LogP contribution < -0.4 is 0 Å². The Balaban J connectivity index is 2.03. The molecule has 0 saturated carbocycles. The van der Waals surface area contributed by atoms with Crippen LogP contribution in [0.2, 0.25) is 0 Å². The van der Waals surface area contributed by atoms with Gasteiger partial charge < -0.3 is 0 Å². The number of benzene rings is 2. The lowest BCUT2D eigenvalue weighted by Gasteiger charge is -2.07. The quantitative estimate of drug-likeness (QED) is 0.671. The van der Waals surface area contributed by atoms with Crippen LogP contribution in [0.4, 0.5) is 0 Å². The topological polar surface area (TPSA) is 25.8 Å². The average molecular weight is 248 g/mol. The molecular formula is C17H16N2. The van der Waals surface area contributed by atoms with Gasteiger partial charge in [-0.25, -0.2) is 4.98 Å². The van der Waals surface area contributed by atoms with E-state index in [0.717, 1.165) is 22.3 Å². The summed E-state index contributed by atoms with van der Waals surface area (Å²) in [5.41, 5.74) is 5.26. The SMILES string of the molecule is CC(C)c1ccc(-c2cnc3ccccc3n2)cc1. The van der Waals surface area contributed by atoms with Crippen LogP contribution in [-0.4, -0.2) is 9.97 Å². The summed E-state index contributed by atoms with van der Waals surface area (Å²) in [4.78, 5) is 9.11. The van der Waals surface area contributed by atoms with Gasteiger partial charge in [-0.15, -0.1) is 0 Å². The first-order chi connectivity index (χ1) is 9.24. The summed E-state index contributed by atoms with van der Waals surface area (Å²) in [6, 6.07) is 16.5. The van der Waals surface area contributed by atoms with E-state index in [0.29, 0.717) is 5.92 Å². The van der Waals surface area contributed by atoms with Crippen LogP contribution in [-0.2, 0) is 0 Å². The molecule has 0 atom stereocenters. The normalized spacial score (nSPS) is 11.1. The Kier molecular flexibility index (Phi) is 3.00. The lowest BCUT2D eigenvalue weighted by Crippen LogP contribution is -1.90. The Labute approximate surface area is 113 Å². The lowest BCUT2D eigenvalue weighted by atomic mass is 10.0. The highest BCUT2D eigenvalue weighted by atomic mass is 14.8. The van der Waals surface area contributed by atoms with Gasteiger partial charge in [-0.2, -0.15) is 0 Å². The molecule has 0 aliphatic rings. The number of para-hydroxylation sites is 2. The summed E-state index contributed by atoms with van der Waals surface area (Å²) in [5.74, 6) is 0.553. The molecule has 1 heterocycles. The molecule has 0 amide bonds. The van der Waals surface area contributed by atoms with Gasteiger partial charge in [-0.05, 0) is 23.6 Å². The minimum absolute atomic E-state index is 0.553. The van der Waals surface area contributed by atoms with E-state index >= 15 is 0 Å². The molecule has 2 heteroatoms. The van der Waals surface area contributed by atoms with Crippen LogP contribution in [0.5, 0.6) is 0 Å². The second-order valence-electron chi connectivity index (χ2n) is 5.02. The van der Waals surface area contributed by atoms with Crippen molar-refractivity contribution in [2.75, 3.05) is 0 Å².